The highest BCUT2D eigenvalue weighted by molar-refractivity contribution is 14.0. The van der Waals surface area contributed by atoms with Crippen LogP contribution in [0.25, 0.3) is 0 Å². The van der Waals surface area contributed by atoms with Crippen molar-refractivity contribution < 1.29 is 0 Å². The molecule has 0 saturated heterocycles. The van der Waals surface area contributed by atoms with Gasteiger partial charge in [-0.25, -0.2) is 0 Å². The first kappa shape index (κ1) is 14.4. The van der Waals surface area contributed by atoms with Crippen molar-refractivity contribution in [2.24, 2.45) is 4.99 Å². The quantitative estimate of drug-likeness (QED) is 0.489. The Balaban J connectivity index is 0.00000196. The molecule has 6 heteroatoms. The summed E-state index contributed by atoms with van der Waals surface area (Å²) in [6, 6.07) is 3.69. The van der Waals surface area contributed by atoms with Crippen molar-refractivity contribution in [1.82, 2.24) is 15.6 Å². The van der Waals surface area contributed by atoms with Crippen molar-refractivity contribution in [2.45, 2.75) is 6.54 Å². The Labute approximate surface area is 112 Å². The lowest BCUT2D eigenvalue weighted by Gasteiger charge is -2.07. The Morgan fingerprint density at radius 3 is 2.73 bits per heavy atom. The molecule has 0 aliphatic heterocycles. The van der Waals surface area contributed by atoms with E-state index in [-0.39, 0.29) is 24.0 Å². The van der Waals surface area contributed by atoms with Gasteiger partial charge in [-0.3, -0.25) is 9.98 Å². The summed E-state index contributed by atoms with van der Waals surface area (Å²) in [6.07, 6.45) is 1.63. The molecule has 4 nitrogen and oxygen atoms in total. The molecular formula is C9H14ClIN4. The van der Waals surface area contributed by atoms with E-state index in [1.165, 1.54) is 0 Å². The molecule has 0 radical (unpaired) electrons. The number of aromatic nitrogens is 1. The molecule has 0 bridgehead atoms. The molecule has 0 fully saturated rings. The van der Waals surface area contributed by atoms with E-state index in [4.69, 9.17) is 11.6 Å². The predicted octanol–water partition coefficient (Wildman–Crippen LogP) is 1.65. The van der Waals surface area contributed by atoms with Crippen LogP contribution in [-0.2, 0) is 6.54 Å². The Bertz CT molecular complexity index is 312. The second-order valence-corrected chi connectivity index (χ2v) is 3.08. The van der Waals surface area contributed by atoms with E-state index in [0.29, 0.717) is 11.6 Å². The lowest BCUT2D eigenvalue weighted by molar-refractivity contribution is 0.837. The average Bonchev–Trinajstić information content (AvgIpc) is 2.22. The van der Waals surface area contributed by atoms with Gasteiger partial charge in [0.15, 0.2) is 5.96 Å². The van der Waals surface area contributed by atoms with E-state index in [1.54, 1.807) is 13.2 Å². The van der Waals surface area contributed by atoms with Crippen molar-refractivity contribution in [3.05, 3.63) is 29.0 Å². The lowest BCUT2D eigenvalue weighted by Crippen LogP contribution is -2.34. The van der Waals surface area contributed by atoms with Crippen LogP contribution in [0, 0.1) is 0 Å². The van der Waals surface area contributed by atoms with Crippen molar-refractivity contribution in [3.8, 4) is 0 Å². The molecule has 84 valence electrons. The van der Waals surface area contributed by atoms with Crippen molar-refractivity contribution in [1.29, 1.82) is 0 Å². The fourth-order valence-electron chi connectivity index (χ4n) is 0.965. The third-order valence-electron chi connectivity index (χ3n) is 1.69. The minimum absolute atomic E-state index is 0. The summed E-state index contributed by atoms with van der Waals surface area (Å²) in [7, 11) is 3.53. The first-order valence-electron chi connectivity index (χ1n) is 4.25. The van der Waals surface area contributed by atoms with Gasteiger partial charge in [0.1, 0.15) is 0 Å². The maximum atomic E-state index is 5.71. The SMILES string of the molecule is CN=C(NC)NCc1ccc(Cl)cn1.I. The van der Waals surface area contributed by atoms with Gasteiger partial charge in [0, 0.05) is 20.3 Å². The highest BCUT2D eigenvalue weighted by Gasteiger charge is 1.96. The molecule has 2 N–H and O–H groups in total. The summed E-state index contributed by atoms with van der Waals surface area (Å²) < 4.78 is 0. The number of rotatable bonds is 2. The zero-order chi connectivity index (χ0) is 10.4. The van der Waals surface area contributed by atoms with Crippen LogP contribution in [0.1, 0.15) is 5.69 Å². The molecule has 0 amide bonds. The van der Waals surface area contributed by atoms with Crippen LogP contribution >= 0.6 is 35.6 Å². The van der Waals surface area contributed by atoms with Crippen LogP contribution in [0.5, 0.6) is 0 Å². The number of aliphatic imine (C=N–C) groups is 1. The number of nitrogens with one attached hydrogen (secondary N) is 2. The first-order chi connectivity index (χ1) is 6.76. The Hall–Kier alpha value is -0.560. The molecular weight excluding hydrogens is 326 g/mol. The van der Waals surface area contributed by atoms with Crippen molar-refractivity contribution >= 4 is 41.5 Å². The Morgan fingerprint density at radius 2 is 2.27 bits per heavy atom. The second-order valence-electron chi connectivity index (χ2n) is 2.64. The Morgan fingerprint density at radius 1 is 1.53 bits per heavy atom. The van der Waals surface area contributed by atoms with Gasteiger partial charge in [0.2, 0.25) is 0 Å². The molecule has 1 aromatic rings. The van der Waals surface area contributed by atoms with Crippen LogP contribution in [0.2, 0.25) is 5.02 Å². The Kier molecular flexibility index (Phi) is 7.41. The van der Waals surface area contributed by atoms with Crippen LogP contribution in [0.3, 0.4) is 0 Å². The summed E-state index contributed by atoms with van der Waals surface area (Å²) in [5.41, 5.74) is 0.922. The summed E-state index contributed by atoms with van der Waals surface area (Å²) in [4.78, 5) is 8.12. The minimum Gasteiger partial charge on any atom is -0.359 e. The molecule has 0 aliphatic carbocycles. The highest BCUT2D eigenvalue weighted by atomic mass is 127. The van der Waals surface area contributed by atoms with Crippen LogP contribution in [0.15, 0.2) is 23.3 Å². The topological polar surface area (TPSA) is 49.3 Å². The summed E-state index contributed by atoms with van der Waals surface area (Å²) in [6.45, 7) is 0.630. The van der Waals surface area contributed by atoms with Gasteiger partial charge in [0.05, 0.1) is 17.3 Å². The van der Waals surface area contributed by atoms with Crippen LogP contribution in [-0.4, -0.2) is 25.0 Å². The van der Waals surface area contributed by atoms with Gasteiger partial charge in [-0.15, -0.1) is 24.0 Å². The van der Waals surface area contributed by atoms with Crippen molar-refractivity contribution in [3.63, 3.8) is 0 Å². The minimum atomic E-state index is 0. The third-order valence-corrected chi connectivity index (χ3v) is 1.91. The number of nitrogens with zero attached hydrogens (tertiary/aromatic N) is 2. The molecule has 1 rings (SSSR count). The summed E-state index contributed by atoms with van der Waals surface area (Å²) in [5.74, 6) is 0.738. The normalized spacial score (nSPS) is 10.5. The molecule has 0 aromatic carbocycles. The van der Waals surface area contributed by atoms with E-state index >= 15 is 0 Å². The van der Waals surface area contributed by atoms with Gasteiger partial charge in [-0.2, -0.15) is 0 Å². The molecule has 0 unspecified atom stereocenters. The first-order valence-corrected chi connectivity index (χ1v) is 4.63. The van der Waals surface area contributed by atoms with E-state index in [0.717, 1.165) is 11.7 Å². The van der Waals surface area contributed by atoms with Gasteiger partial charge < -0.3 is 10.6 Å². The molecule has 1 aromatic heterocycles. The average molecular weight is 341 g/mol. The summed E-state index contributed by atoms with van der Waals surface area (Å²) in [5, 5.41) is 6.65. The highest BCUT2D eigenvalue weighted by Crippen LogP contribution is 2.05. The zero-order valence-corrected chi connectivity index (χ0v) is 11.7. The van der Waals surface area contributed by atoms with Crippen molar-refractivity contribution in [2.75, 3.05) is 14.1 Å². The van der Waals surface area contributed by atoms with Gasteiger partial charge >= 0.3 is 0 Å². The number of hydrogen-bond donors (Lipinski definition) is 2. The maximum Gasteiger partial charge on any atom is 0.191 e. The third kappa shape index (κ3) is 5.17. The zero-order valence-electron chi connectivity index (χ0n) is 8.62. The molecule has 1 heterocycles. The number of halogens is 2. The predicted molar refractivity (Wildman–Crippen MR) is 73.9 cm³/mol. The molecule has 15 heavy (non-hydrogen) atoms. The number of pyridine rings is 1. The monoisotopic (exact) mass is 340 g/mol. The second kappa shape index (κ2) is 7.70. The molecule has 0 atom stereocenters. The van der Waals surface area contributed by atoms with E-state index in [1.807, 2.05) is 19.2 Å². The van der Waals surface area contributed by atoms with E-state index < -0.39 is 0 Å². The van der Waals surface area contributed by atoms with Crippen LogP contribution in [0.4, 0.5) is 0 Å². The fourth-order valence-corrected chi connectivity index (χ4v) is 1.08. The lowest BCUT2D eigenvalue weighted by atomic mass is 10.3. The smallest absolute Gasteiger partial charge is 0.191 e. The van der Waals surface area contributed by atoms with Gasteiger partial charge in [-0.1, -0.05) is 11.6 Å². The summed E-state index contributed by atoms with van der Waals surface area (Å²) >= 11 is 5.71. The standard InChI is InChI=1S/C9H13ClN4.HI/c1-11-9(12-2)14-6-8-4-3-7(10)5-13-8;/h3-5H,6H2,1-2H3,(H2,11,12,14);1H. The van der Waals surface area contributed by atoms with Gasteiger partial charge in [0.25, 0.3) is 0 Å². The maximum absolute atomic E-state index is 5.71. The van der Waals surface area contributed by atoms with Crippen LogP contribution < -0.4 is 10.6 Å². The molecule has 0 aliphatic rings. The fraction of sp³-hybridized carbons (Fsp3) is 0.333. The largest absolute Gasteiger partial charge is 0.359 e. The van der Waals surface area contributed by atoms with E-state index in [2.05, 4.69) is 20.6 Å². The molecule has 0 saturated carbocycles. The number of guanidine groups is 1. The number of hydrogen-bond acceptors (Lipinski definition) is 2. The van der Waals surface area contributed by atoms with Gasteiger partial charge in [-0.05, 0) is 12.1 Å². The van der Waals surface area contributed by atoms with E-state index in [9.17, 15) is 0 Å². The molecule has 0 spiro atoms.